The number of para-hydroxylation sites is 1. The smallest absolute Gasteiger partial charge is 0.295 e. The van der Waals surface area contributed by atoms with Crippen LogP contribution in [0.3, 0.4) is 0 Å². The molecule has 2 aromatic carbocycles. The van der Waals surface area contributed by atoms with Gasteiger partial charge in [0.2, 0.25) is 5.91 Å². The number of carbonyl (C=O) groups excluding carboxylic acids is 2. The molecule has 28 heavy (non-hydrogen) atoms. The van der Waals surface area contributed by atoms with Gasteiger partial charge in [-0.15, -0.1) is 0 Å². The Balaban J connectivity index is 1.79. The van der Waals surface area contributed by atoms with E-state index in [1.54, 1.807) is 49.8 Å². The number of hydrogen-bond donors (Lipinski definition) is 2. The number of nitrogens with one attached hydrogen (secondary N) is 2. The highest BCUT2D eigenvalue weighted by atomic mass is 16.2. The third-order valence-electron chi connectivity index (χ3n) is 4.58. The summed E-state index contributed by atoms with van der Waals surface area (Å²) < 4.78 is 3.17. The predicted molar refractivity (Wildman–Crippen MR) is 108 cm³/mol. The summed E-state index contributed by atoms with van der Waals surface area (Å²) in [7, 11) is 1.75. The number of rotatable bonds is 5. The molecule has 2 N–H and O–H groups in total. The van der Waals surface area contributed by atoms with Crippen LogP contribution in [0.5, 0.6) is 0 Å². The average Bonchev–Trinajstić information content (AvgIpc) is 2.92. The van der Waals surface area contributed by atoms with Crippen LogP contribution < -0.4 is 16.2 Å². The summed E-state index contributed by atoms with van der Waals surface area (Å²) in [5.41, 5.74) is 1.63. The van der Waals surface area contributed by atoms with Gasteiger partial charge in [-0.2, -0.15) is 0 Å². The maximum atomic E-state index is 12.9. The number of benzene rings is 2. The maximum Gasteiger partial charge on any atom is 0.295 e. The van der Waals surface area contributed by atoms with Crippen molar-refractivity contribution in [3.05, 3.63) is 82.3 Å². The fourth-order valence-corrected chi connectivity index (χ4v) is 2.88. The molecule has 1 aromatic heterocycles. The second kappa shape index (κ2) is 7.96. The van der Waals surface area contributed by atoms with Gasteiger partial charge in [0.15, 0.2) is 0 Å². The van der Waals surface area contributed by atoms with Crippen LogP contribution in [0.15, 0.2) is 65.5 Å². The number of nitrogens with zero attached hydrogens (tertiary/aromatic N) is 2. The van der Waals surface area contributed by atoms with Crippen molar-refractivity contribution < 1.29 is 9.59 Å². The van der Waals surface area contributed by atoms with E-state index in [1.807, 2.05) is 36.4 Å². The molecule has 7 nitrogen and oxygen atoms in total. The van der Waals surface area contributed by atoms with Gasteiger partial charge in [0.25, 0.3) is 11.5 Å². The largest absolute Gasteiger partial charge is 0.341 e. The lowest BCUT2D eigenvalue weighted by atomic mass is 10.2. The molecule has 0 aliphatic rings. The maximum absolute atomic E-state index is 12.9. The molecule has 0 saturated carbocycles. The van der Waals surface area contributed by atoms with Crippen LogP contribution in [0, 0.1) is 6.92 Å². The Labute approximate surface area is 162 Å². The van der Waals surface area contributed by atoms with E-state index in [0.717, 1.165) is 0 Å². The van der Waals surface area contributed by atoms with E-state index >= 15 is 0 Å². The molecule has 7 heteroatoms. The highest BCUT2D eigenvalue weighted by Crippen LogP contribution is 2.14. The third kappa shape index (κ3) is 3.73. The van der Waals surface area contributed by atoms with E-state index in [1.165, 1.54) is 4.68 Å². The average molecular weight is 378 g/mol. The van der Waals surface area contributed by atoms with Crippen molar-refractivity contribution in [1.82, 2.24) is 14.7 Å². The van der Waals surface area contributed by atoms with Gasteiger partial charge in [-0.3, -0.25) is 19.1 Å². The number of amides is 2. The van der Waals surface area contributed by atoms with Gasteiger partial charge in [-0.25, -0.2) is 4.68 Å². The number of hydrogen-bond acceptors (Lipinski definition) is 3. The minimum Gasteiger partial charge on any atom is -0.341 e. The highest BCUT2D eigenvalue weighted by Gasteiger charge is 2.22. The third-order valence-corrected chi connectivity index (χ3v) is 4.58. The van der Waals surface area contributed by atoms with Crippen LogP contribution in [0.1, 0.15) is 23.0 Å². The second-order valence-corrected chi connectivity index (χ2v) is 6.49. The fourth-order valence-electron chi connectivity index (χ4n) is 2.88. The Morgan fingerprint density at radius 2 is 1.54 bits per heavy atom. The van der Waals surface area contributed by atoms with Crippen molar-refractivity contribution >= 4 is 17.5 Å². The van der Waals surface area contributed by atoms with Crippen molar-refractivity contribution in [1.29, 1.82) is 0 Å². The standard InChI is InChI=1S/C21H22N4O3/c1-14(22-20(27)16-10-6-4-7-11-16)19(26)23-18-15(2)24(3)25(21(18)28)17-12-8-5-9-13-17/h4-14H,1-3H3,(H,22,27)(H,23,26). The molecule has 0 aliphatic carbocycles. The molecule has 1 unspecified atom stereocenters. The lowest BCUT2D eigenvalue weighted by molar-refractivity contribution is -0.117. The number of anilines is 1. The summed E-state index contributed by atoms with van der Waals surface area (Å²) in [5, 5.41) is 5.30. The summed E-state index contributed by atoms with van der Waals surface area (Å²) in [4.78, 5) is 37.6. The molecule has 0 fully saturated rings. The lowest BCUT2D eigenvalue weighted by Crippen LogP contribution is -2.42. The number of carbonyl (C=O) groups is 2. The van der Waals surface area contributed by atoms with Gasteiger partial charge in [-0.05, 0) is 38.1 Å². The van der Waals surface area contributed by atoms with E-state index in [2.05, 4.69) is 10.6 Å². The Kier molecular flexibility index (Phi) is 5.44. The molecule has 3 aromatic rings. The van der Waals surface area contributed by atoms with Crippen LogP contribution >= 0.6 is 0 Å². The minimum atomic E-state index is -0.808. The molecule has 1 heterocycles. The minimum absolute atomic E-state index is 0.192. The molecule has 3 rings (SSSR count). The summed E-state index contributed by atoms with van der Waals surface area (Å²) >= 11 is 0. The van der Waals surface area contributed by atoms with E-state index < -0.39 is 11.9 Å². The first-order valence-electron chi connectivity index (χ1n) is 8.91. The zero-order chi connectivity index (χ0) is 20.3. The van der Waals surface area contributed by atoms with Gasteiger partial charge in [0, 0.05) is 12.6 Å². The van der Waals surface area contributed by atoms with Crippen LogP contribution in [-0.2, 0) is 11.8 Å². The quantitative estimate of drug-likeness (QED) is 0.714. The molecule has 2 amide bonds. The number of aromatic nitrogens is 2. The Bertz CT molecular complexity index is 1050. The van der Waals surface area contributed by atoms with Gasteiger partial charge < -0.3 is 10.6 Å². The summed E-state index contributed by atoms with van der Waals surface area (Å²) in [6.45, 7) is 3.33. The Morgan fingerprint density at radius 3 is 2.14 bits per heavy atom. The first-order chi connectivity index (χ1) is 13.4. The van der Waals surface area contributed by atoms with Gasteiger partial charge in [-0.1, -0.05) is 36.4 Å². The van der Waals surface area contributed by atoms with Crippen molar-refractivity contribution in [2.45, 2.75) is 19.9 Å². The molecule has 0 spiro atoms. The first-order valence-corrected chi connectivity index (χ1v) is 8.91. The first kappa shape index (κ1) is 19.2. The zero-order valence-corrected chi connectivity index (χ0v) is 16.0. The molecule has 1 atom stereocenters. The fraction of sp³-hybridized carbons (Fsp3) is 0.190. The van der Waals surface area contributed by atoms with E-state index in [-0.39, 0.29) is 17.2 Å². The molecule has 0 saturated heterocycles. The van der Waals surface area contributed by atoms with Crippen LogP contribution in [0.4, 0.5) is 5.69 Å². The van der Waals surface area contributed by atoms with E-state index in [9.17, 15) is 14.4 Å². The lowest BCUT2D eigenvalue weighted by Gasteiger charge is -2.13. The summed E-state index contributed by atoms with van der Waals surface area (Å²) in [6, 6.07) is 17.0. The molecule has 0 aliphatic heterocycles. The molecule has 0 radical (unpaired) electrons. The molecule has 144 valence electrons. The topological polar surface area (TPSA) is 85.1 Å². The Hall–Kier alpha value is -3.61. The monoisotopic (exact) mass is 378 g/mol. The van der Waals surface area contributed by atoms with Crippen molar-refractivity contribution in [3.8, 4) is 5.69 Å². The SMILES string of the molecule is Cc1c(NC(=O)C(C)NC(=O)c2ccccc2)c(=O)n(-c2ccccc2)n1C. The second-order valence-electron chi connectivity index (χ2n) is 6.49. The normalized spacial score (nSPS) is 11.7. The van der Waals surface area contributed by atoms with Crippen molar-refractivity contribution in [2.75, 3.05) is 5.32 Å². The summed E-state index contributed by atoms with van der Waals surface area (Å²) in [6.07, 6.45) is 0. The van der Waals surface area contributed by atoms with Crippen LogP contribution in [-0.4, -0.2) is 27.2 Å². The van der Waals surface area contributed by atoms with Crippen molar-refractivity contribution in [3.63, 3.8) is 0 Å². The van der Waals surface area contributed by atoms with Gasteiger partial charge >= 0.3 is 0 Å². The molecular formula is C21H22N4O3. The van der Waals surface area contributed by atoms with Gasteiger partial charge in [0.05, 0.1) is 11.4 Å². The summed E-state index contributed by atoms with van der Waals surface area (Å²) in [5.74, 6) is -0.815. The van der Waals surface area contributed by atoms with E-state index in [4.69, 9.17) is 0 Å². The van der Waals surface area contributed by atoms with Crippen molar-refractivity contribution in [2.24, 2.45) is 7.05 Å². The highest BCUT2D eigenvalue weighted by molar-refractivity contribution is 6.01. The predicted octanol–water partition coefficient (Wildman–Crippen LogP) is 2.24. The molecular weight excluding hydrogens is 356 g/mol. The van der Waals surface area contributed by atoms with Gasteiger partial charge in [0.1, 0.15) is 11.7 Å². The van der Waals surface area contributed by atoms with Crippen LogP contribution in [0.25, 0.3) is 5.69 Å². The zero-order valence-electron chi connectivity index (χ0n) is 16.0. The van der Waals surface area contributed by atoms with E-state index in [0.29, 0.717) is 16.9 Å². The Morgan fingerprint density at radius 1 is 0.964 bits per heavy atom. The molecule has 0 bridgehead atoms. The van der Waals surface area contributed by atoms with Crippen LogP contribution in [0.2, 0.25) is 0 Å².